The average Bonchev–Trinajstić information content (AvgIpc) is 2.85. The molecule has 2 nitrogen and oxygen atoms in total. The normalized spacial score (nSPS) is 31.7. The quantitative estimate of drug-likeness (QED) is 0.743. The van der Waals surface area contributed by atoms with E-state index < -0.39 is 0 Å². The first kappa shape index (κ1) is 10.4. The molecule has 1 heterocycles. The largest absolute Gasteiger partial charge is 0.330 e. The fourth-order valence-corrected chi connectivity index (χ4v) is 2.87. The van der Waals surface area contributed by atoms with Crippen LogP contribution >= 0.6 is 0 Å². The van der Waals surface area contributed by atoms with Gasteiger partial charge in [0.1, 0.15) is 0 Å². The summed E-state index contributed by atoms with van der Waals surface area (Å²) in [5.41, 5.74) is 6.31. The van der Waals surface area contributed by atoms with E-state index in [1.807, 2.05) is 0 Å². The molecule has 0 bridgehead atoms. The Labute approximate surface area is 87.8 Å². The summed E-state index contributed by atoms with van der Waals surface area (Å²) in [6.45, 7) is 7.25. The molecule has 1 aliphatic heterocycles. The smallest absolute Gasteiger partial charge is 0.00386 e. The molecule has 1 saturated heterocycles. The van der Waals surface area contributed by atoms with Gasteiger partial charge < -0.3 is 10.6 Å². The van der Waals surface area contributed by atoms with Gasteiger partial charge in [-0.1, -0.05) is 6.92 Å². The van der Waals surface area contributed by atoms with Crippen LogP contribution < -0.4 is 5.73 Å². The number of rotatable bonds is 4. The molecule has 0 spiro atoms. The van der Waals surface area contributed by atoms with Crippen LogP contribution in [0.5, 0.6) is 0 Å². The third kappa shape index (κ3) is 2.48. The Balaban J connectivity index is 1.79. The molecule has 1 aliphatic carbocycles. The molecule has 14 heavy (non-hydrogen) atoms. The molecule has 82 valence electrons. The summed E-state index contributed by atoms with van der Waals surface area (Å²) in [4.78, 5) is 2.68. The minimum absolute atomic E-state index is 0.645. The van der Waals surface area contributed by atoms with Gasteiger partial charge in [-0.3, -0.25) is 0 Å². The molecule has 2 aliphatic rings. The fourth-order valence-electron chi connectivity index (χ4n) is 2.87. The topological polar surface area (TPSA) is 29.3 Å². The third-order valence-electron chi connectivity index (χ3n) is 3.93. The van der Waals surface area contributed by atoms with Gasteiger partial charge in [0, 0.05) is 13.1 Å². The minimum atomic E-state index is 0.645. The lowest BCUT2D eigenvalue weighted by molar-refractivity contribution is 0.149. The van der Waals surface area contributed by atoms with Crippen LogP contribution in [0.25, 0.3) is 0 Å². The highest BCUT2D eigenvalue weighted by Gasteiger charge is 2.43. The van der Waals surface area contributed by atoms with E-state index in [1.54, 1.807) is 0 Å². The number of nitrogens with zero attached hydrogens (tertiary/aromatic N) is 1. The van der Waals surface area contributed by atoms with E-state index in [1.165, 1.54) is 51.7 Å². The molecule has 2 heteroatoms. The van der Waals surface area contributed by atoms with E-state index in [0.29, 0.717) is 5.41 Å². The molecule has 0 radical (unpaired) electrons. The fraction of sp³-hybridized carbons (Fsp3) is 1.00. The van der Waals surface area contributed by atoms with Crippen LogP contribution in [0, 0.1) is 11.3 Å². The molecule has 0 aromatic rings. The van der Waals surface area contributed by atoms with Crippen molar-refractivity contribution in [1.82, 2.24) is 4.90 Å². The van der Waals surface area contributed by atoms with Gasteiger partial charge in [0.25, 0.3) is 0 Å². The lowest BCUT2D eigenvalue weighted by Gasteiger charge is -2.33. The Morgan fingerprint density at radius 1 is 1.43 bits per heavy atom. The first-order valence-electron chi connectivity index (χ1n) is 6.16. The van der Waals surface area contributed by atoms with Crippen molar-refractivity contribution in [2.24, 2.45) is 17.1 Å². The predicted octanol–water partition coefficient (Wildman–Crippen LogP) is 1.85. The molecule has 1 unspecified atom stereocenters. The molecule has 0 aromatic carbocycles. The Kier molecular flexibility index (Phi) is 3.13. The van der Waals surface area contributed by atoms with E-state index in [4.69, 9.17) is 5.73 Å². The Bertz CT molecular complexity index is 187. The van der Waals surface area contributed by atoms with E-state index in [2.05, 4.69) is 11.8 Å². The van der Waals surface area contributed by atoms with Gasteiger partial charge >= 0.3 is 0 Å². The standard InChI is InChI=1S/C12H24N2/c1-11-3-2-8-14(9-11)10-12(4-5-12)6-7-13/h11H,2-10,13H2,1H3. The van der Waals surface area contributed by atoms with Crippen molar-refractivity contribution >= 4 is 0 Å². The molecule has 2 N–H and O–H groups in total. The maximum Gasteiger partial charge on any atom is 0.00386 e. The lowest BCUT2D eigenvalue weighted by Crippen LogP contribution is -2.38. The molecule has 0 aromatic heterocycles. The molecule has 1 atom stereocenters. The van der Waals surface area contributed by atoms with Crippen molar-refractivity contribution < 1.29 is 0 Å². The number of piperidine rings is 1. The molecule has 2 fully saturated rings. The van der Waals surface area contributed by atoms with Crippen molar-refractivity contribution in [1.29, 1.82) is 0 Å². The SMILES string of the molecule is CC1CCCN(CC2(CCN)CC2)C1. The minimum Gasteiger partial charge on any atom is -0.330 e. The maximum absolute atomic E-state index is 5.67. The van der Waals surface area contributed by atoms with Crippen molar-refractivity contribution in [2.45, 2.75) is 39.0 Å². The predicted molar refractivity (Wildman–Crippen MR) is 60.2 cm³/mol. The van der Waals surface area contributed by atoms with E-state index >= 15 is 0 Å². The monoisotopic (exact) mass is 196 g/mol. The molecular formula is C12H24N2. The number of likely N-dealkylation sites (tertiary alicyclic amines) is 1. The van der Waals surface area contributed by atoms with E-state index in [-0.39, 0.29) is 0 Å². The van der Waals surface area contributed by atoms with Gasteiger partial charge in [0.05, 0.1) is 0 Å². The van der Waals surface area contributed by atoms with Gasteiger partial charge in [-0.15, -0.1) is 0 Å². The summed E-state index contributed by atoms with van der Waals surface area (Å²) in [5, 5.41) is 0. The van der Waals surface area contributed by atoms with Gasteiger partial charge in [-0.25, -0.2) is 0 Å². The molecule has 1 saturated carbocycles. The zero-order chi connectivity index (χ0) is 10.0. The van der Waals surface area contributed by atoms with Gasteiger partial charge in [-0.2, -0.15) is 0 Å². The van der Waals surface area contributed by atoms with Crippen LogP contribution in [0.3, 0.4) is 0 Å². The van der Waals surface area contributed by atoms with E-state index in [9.17, 15) is 0 Å². The van der Waals surface area contributed by atoms with Crippen LogP contribution in [-0.2, 0) is 0 Å². The number of nitrogens with two attached hydrogens (primary N) is 1. The average molecular weight is 196 g/mol. The summed E-state index contributed by atoms with van der Waals surface area (Å²) in [6, 6.07) is 0. The van der Waals surface area contributed by atoms with Gasteiger partial charge in [-0.05, 0) is 56.5 Å². The maximum atomic E-state index is 5.67. The number of hydrogen-bond acceptors (Lipinski definition) is 2. The highest BCUT2D eigenvalue weighted by molar-refractivity contribution is 4.96. The van der Waals surface area contributed by atoms with Crippen molar-refractivity contribution in [3.05, 3.63) is 0 Å². The van der Waals surface area contributed by atoms with Gasteiger partial charge in [0.15, 0.2) is 0 Å². The summed E-state index contributed by atoms with van der Waals surface area (Å²) in [7, 11) is 0. The number of hydrogen-bond donors (Lipinski definition) is 1. The lowest BCUT2D eigenvalue weighted by atomic mass is 9.96. The summed E-state index contributed by atoms with van der Waals surface area (Å²) < 4.78 is 0. The Morgan fingerprint density at radius 2 is 2.21 bits per heavy atom. The second-order valence-electron chi connectivity index (χ2n) is 5.52. The van der Waals surface area contributed by atoms with Crippen molar-refractivity contribution in [3.8, 4) is 0 Å². The van der Waals surface area contributed by atoms with Crippen LogP contribution in [0.2, 0.25) is 0 Å². The Hall–Kier alpha value is -0.0800. The van der Waals surface area contributed by atoms with Crippen LogP contribution in [0.4, 0.5) is 0 Å². The van der Waals surface area contributed by atoms with Gasteiger partial charge in [0.2, 0.25) is 0 Å². The Morgan fingerprint density at radius 3 is 2.79 bits per heavy atom. The summed E-state index contributed by atoms with van der Waals surface area (Å²) in [5.74, 6) is 0.914. The van der Waals surface area contributed by atoms with Crippen LogP contribution in [-0.4, -0.2) is 31.1 Å². The highest BCUT2D eigenvalue weighted by atomic mass is 15.1. The summed E-state index contributed by atoms with van der Waals surface area (Å²) in [6.07, 6.45) is 6.93. The van der Waals surface area contributed by atoms with Crippen molar-refractivity contribution in [2.75, 3.05) is 26.2 Å². The first-order valence-corrected chi connectivity index (χ1v) is 6.16. The highest BCUT2D eigenvalue weighted by Crippen LogP contribution is 2.49. The van der Waals surface area contributed by atoms with Crippen LogP contribution in [0.15, 0.2) is 0 Å². The zero-order valence-electron chi connectivity index (χ0n) is 9.47. The molecule has 0 amide bonds. The molecule has 2 rings (SSSR count). The zero-order valence-corrected chi connectivity index (χ0v) is 9.47. The first-order chi connectivity index (χ1) is 6.74. The van der Waals surface area contributed by atoms with Crippen molar-refractivity contribution in [3.63, 3.8) is 0 Å². The third-order valence-corrected chi connectivity index (χ3v) is 3.93. The summed E-state index contributed by atoms with van der Waals surface area (Å²) >= 11 is 0. The van der Waals surface area contributed by atoms with E-state index in [0.717, 1.165) is 12.5 Å². The second-order valence-corrected chi connectivity index (χ2v) is 5.52. The second kappa shape index (κ2) is 4.19. The molecular weight excluding hydrogens is 172 g/mol. The van der Waals surface area contributed by atoms with Crippen LogP contribution in [0.1, 0.15) is 39.0 Å².